The fraction of sp³-hybridized carbons (Fsp3) is 0.529. The van der Waals surface area contributed by atoms with Gasteiger partial charge in [0.05, 0.1) is 0 Å². The zero-order valence-electron chi connectivity index (χ0n) is 13.6. The monoisotopic (exact) mass is 313 g/mol. The van der Waals surface area contributed by atoms with Gasteiger partial charge in [0.2, 0.25) is 11.7 Å². The van der Waals surface area contributed by atoms with Crippen LogP contribution in [0, 0.1) is 11.8 Å². The van der Waals surface area contributed by atoms with Gasteiger partial charge in [0, 0.05) is 11.6 Å². The molecule has 1 N–H and O–H groups in total. The van der Waals surface area contributed by atoms with Crippen molar-refractivity contribution in [3.05, 3.63) is 30.3 Å². The highest BCUT2D eigenvalue weighted by atomic mass is 16.2. The second-order valence-corrected chi connectivity index (χ2v) is 6.45. The average molecular weight is 313 g/mol. The summed E-state index contributed by atoms with van der Waals surface area (Å²) in [6.07, 6.45) is 3.48. The van der Waals surface area contributed by atoms with Crippen LogP contribution in [0.4, 0.5) is 0 Å². The standard InChI is InChI=1S/C17H23N5O/c1-12-7-6-10-15(13(12)2)18-16(23)11-22-20-17(19-21-22)14-8-4-3-5-9-14/h3-5,8-9,12-13,15H,6-7,10-11H2,1-2H3,(H,18,23)/t12-,13+,15+/m0/s1. The van der Waals surface area contributed by atoms with Crippen molar-refractivity contribution in [3.8, 4) is 11.4 Å². The quantitative estimate of drug-likeness (QED) is 0.940. The molecule has 2 aromatic rings. The lowest BCUT2D eigenvalue weighted by atomic mass is 9.78. The van der Waals surface area contributed by atoms with E-state index in [9.17, 15) is 4.79 Å². The fourth-order valence-electron chi connectivity index (χ4n) is 3.18. The van der Waals surface area contributed by atoms with Crippen molar-refractivity contribution in [2.24, 2.45) is 11.8 Å². The second kappa shape index (κ2) is 6.89. The van der Waals surface area contributed by atoms with Crippen LogP contribution in [0.25, 0.3) is 11.4 Å². The molecule has 0 unspecified atom stereocenters. The van der Waals surface area contributed by atoms with Crippen LogP contribution in [-0.2, 0) is 11.3 Å². The maximum absolute atomic E-state index is 12.2. The summed E-state index contributed by atoms with van der Waals surface area (Å²) in [5.74, 6) is 1.66. The summed E-state index contributed by atoms with van der Waals surface area (Å²) in [5.41, 5.74) is 0.897. The highest BCUT2D eigenvalue weighted by Gasteiger charge is 2.28. The topological polar surface area (TPSA) is 72.7 Å². The van der Waals surface area contributed by atoms with E-state index in [0.29, 0.717) is 17.7 Å². The van der Waals surface area contributed by atoms with E-state index in [0.717, 1.165) is 12.0 Å². The molecule has 3 rings (SSSR count). The van der Waals surface area contributed by atoms with Crippen LogP contribution in [0.15, 0.2) is 30.3 Å². The minimum atomic E-state index is -0.0482. The van der Waals surface area contributed by atoms with Gasteiger partial charge in [-0.15, -0.1) is 10.2 Å². The third-order valence-electron chi connectivity index (χ3n) is 4.82. The number of nitrogens with zero attached hydrogens (tertiary/aromatic N) is 4. The molecule has 0 aliphatic heterocycles. The van der Waals surface area contributed by atoms with Gasteiger partial charge in [0.1, 0.15) is 6.54 Å². The van der Waals surface area contributed by atoms with Gasteiger partial charge in [0.25, 0.3) is 0 Å². The van der Waals surface area contributed by atoms with Crippen LogP contribution in [0.1, 0.15) is 33.1 Å². The van der Waals surface area contributed by atoms with Crippen molar-refractivity contribution in [1.82, 2.24) is 25.5 Å². The molecule has 1 aliphatic rings. The molecule has 23 heavy (non-hydrogen) atoms. The molecule has 1 amide bonds. The molecule has 1 heterocycles. The lowest BCUT2D eigenvalue weighted by Gasteiger charge is -2.34. The molecule has 6 nitrogen and oxygen atoms in total. The molecular weight excluding hydrogens is 290 g/mol. The predicted octanol–water partition coefficient (Wildman–Crippen LogP) is 2.28. The van der Waals surface area contributed by atoms with Gasteiger partial charge in [-0.3, -0.25) is 4.79 Å². The second-order valence-electron chi connectivity index (χ2n) is 6.45. The summed E-state index contributed by atoms with van der Waals surface area (Å²) in [4.78, 5) is 13.6. The first kappa shape index (κ1) is 15.6. The Hall–Kier alpha value is -2.24. The molecule has 122 valence electrons. The Bertz CT molecular complexity index is 654. The van der Waals surface area contributed by atoms with E-state index in [-0.39, 0.29) is 18.5 Å². The van der Waals surface area contributed by atoms with Gasteiger partial charge in [-0.2, -0.15) is 4.80 Å². The van der Waals surface area contributed by atoms with Gasteiger partial charge in [-0.05, 0) is 23.5 Å². The number of tetrazole rings is 1. The van der Waals surface area contributed by atoms with Gasteiger partial charge in [0.15, 0.2) is 0 Å². The molecule has 0 bridgehead atoms. The number of hydrogen-bond donors (Lipinski definition) is 1. The number of benzene rings is 1. The number of carbonyl (C=O) groups excluding carboxylic acids is 1. The van der Waals surface area contributed by atoms with Crippen molar-refractivity contribution < 1.29 is 4.79 Å². The average Bonchev–Trinajstić information content (AvgIpc) is 3.01. The number of hydrogen-bond acceptors (Lipinski definition) is 4. The smallest absolute Gasteiger partial charge is 0.243 e. The van der Waals surface area contributed by atoms with Crippen LogP contribution in [0.5, 0.6) is 0 Å². The molecule has 3 atom stereocenters. The predicted molar refractivity (Wildman–Crippen MR) is 87.4 cm³/mol. The van der Waals surface area contributed by atoms with Crippen LogP contribution in [-0.4, -0.2) is 32.2 Å². The molecule has 0 saturated heterocycles. The first-order valence-electron chi connectivity index (χ1n) is 8.26. The fourth-order valence-corrected chi connectivity index (χ4v) is 3.18. The van der Waals surface area contributed by atoms with Crippen molar-refractivity contribution in [2.45, 2.75) is 45.7 Å². The molecule has 1 fully saturated rings. The number of aromatic nitrogens is 4. The van der Waals surface area contributed by atoms with Crippen LogP contribution < -0.4 is 5.32 Å². The molecule has 1 aliphatic carbocycles. The van der Waals surface area contributed by atoms with Gasteiger partial charge < -0.3 is 5.32 Å². The molecule has 1 aromatic carbocycles. The van der Waals surface area contributed by atoms with E-state index in [1.54, 1.807) is 0 Å². The van der Waals surface area contributed by atoms with E-state index in [4.69, 9.17) is 0 Å². The SMILES string of the molecule is C[C@@H]1[C@@H](C)CCC[C@H]1NC(=O)Cn1nnc(-c2ccccc2)n1. The summed E-state index contributed by atoms with van der Waals surface area (Å²) in [6.45, 7) is 4.58. The maximum Gasteiger partial charge on any atom is 0.243 e. The minimum Gasteiger partial charge on any atom is -0.351 e. The first-order chi connectivity index (χ1) is 11.1. The number of amides is 1. The molecular formula is C17H23N5O. The summed E-state index contributed by atoms with van der Waals surface area (Å²) in [7, 11) is 0. The highest BCUT2D eigenvalue weighted by molar-refractivity contribution is 5.75. The van der Waals surface area contributed by atoms with Gasteiger partial charge >= 0.3 is 0 Å². The van der Waals surface area contributed by atoms with E-state index < -0.39 is 0 Å². The van der Waals surface area contributed by atoms with Crippen molar-refractivity contribution >= 4 is 5.91 Å². The normalized spacial score (nSPS) is 24.3. The summed E-state index contributed by atoms with van der Waals surface area (Å²) in [6, 6.07) is 9.89. The highest BCUT2D eigenvalue weighted by Crippen LogP contribution is 2.29. The van der Waals surface area contributed by atoms with Gasteiger partial charge in [-0.25, -0.2) is 0 Å². The Balaban J connectivity index is 1.59. The van der Waals surface area contributed by atoms with Crippen molar-refractivity contribution in [3.63, 3.8) is 0 Å². The van der Waals surface area contributed by atoms with E-state index in [1.165, 1.54) is 17.6 Å². The Morgan fingerprint density at radius 1 is 1.26 bits per heavy atom. The van der Waals surface area contributed by atoms with Crippen LogP contribution in [0.2, 0.25) is 0 Å². The Kier molecular flexibility index (Phi) is 4.69. The van der Waals surface area contributed by atoms with Gasteiger partial charge in [-0.1, -0.05) is 57.0 Å². The van der Waals surface area contributed by atoms with Crippen molar-refractivity contribution in [1.29, 1.82) is 0 Å². The number of carbonyl (C=O) groups is 1. The Morgan fingerprint density at radius 2 is 2.04 bits per heavy atom. The zero-order chi connectivity index (χ0) is 16.2. The van der Waals surface area contributed by atoms with E-state index in [2.05, 4.69) is 34.6 Å². The third kappa shape index (κ3) is 3.75. The van der Waals surface area contributed by atoms with Crippen LogP contribution >= 0.6 is 0 Å². The number of nitrogens with one attached hydrogen (secondary N) is 1. The summed E-state index contributed by atoms with van der Waals surface area (Å²) in [5, 5.41) is 15.4. The molecule has 1 aromatic heterocycles. The maximum atomic E-state index is 12.2. The Labute approximate surface area is 136 Å². The molecule has 1 saturated carbocycles. The van der Waals surface area contributed by atoms with Crippen LogP contribution in [0.3, 0.4) is 0 Å². The summed E-state index contributed by atoms with van der Waals surface area (Å²) < 4.78 is 0. The third-order valence-corrected chi connectivity index (χ3v) is 4.82. The largest absolute Gasteiger partial charge is 0.351 e. The summed E-state index contributed by atoms with van der Waals surface area (Å²) >= 11 is 0. The van der Waals surface area contributed by atoms with E-state index >= 15 is 0 Å². The zero-order valence-corrected chi connectivity index (χ0v) is 13.6. The molecule has 0 spiro atoms. The molecule has 0 radical (unpaired) electrons. The lowest BCUT2D eigenvalue weighted by Crippen LogP contribution is -2.45. The number of rotatable bonds is 4. The molecule has 6 heteroatoms. The Morgan fingerprint density at radius 3 is 2.83 bits per heavy atom. The van der Waals surface area contributed by atoms with Crippen molar-refractivity contribution in [2.75, 3.05) is 0 Å². The minimum absolute atomic E-state index is 0.0482. The first-order valence-corrected chi connectivity index (χ1v) is 8.26. The van der Waals surface area contributed by atoms with E-state index in [1.807, 2.05) is 30.3 Å². The lowest BCUT2D eigenvalue weighted by molar-refractivity contribution is -0.123.